The van der Waals surface area contributed by atoms with Crippen LogP contribution in [0.5, 0.6) is 0 Å². The molecule has 3 rings (SSSR count). The lowest BCUT2D eigenvalue weighted by atomic mass is 10.1. The molecule has 132 valence electrons. The van der Waals surface area contributed by atoms with E-state index in [1.807, 2.05) is 37.4 Å². The number of hydrogen-bond acceptors (Lipinski definition) is 4. The molecule has 0 aliphatic rings. The van der Waals surface area contributed by atoms with Crippen molar-refractivity contribution in [1.82, 2.24) is 19.3 Å². The number of imidazole rings is 1. The molecule has 0 amide bonds. The Morgan fingerprint density at radius 1 is 1.16 bits per heavy atom. The molecule has 25 heavy (non-hydrogen) atoms. The fraction of sp³-hybridized carbons (Fsp3) is 0.400. The molecule has 5 nitrogen and oxygen atoms in total. The summed E-state index contributed by atoms with van der Waals surface area (Å²) in [5, 5.41) is 10.6. The van der Waals surface area contributed by atoms with Gasteiger partial charge in [-0.25, -0.2) is 9.97 Å². The zero-order chi connectivity index (χ0) is 18.0. The lowest BCUT2D eigenvalue weighted by Gasteiger charge is -2.24. The van der Waals surface area contributed by atoms with E-state index >= 15 is 0 Å². The minimum atomic E-state index is -0.499. The van der Waals surface area contributed by atoms with Crippen molar-refractivity contribution in [1.29, 1.82) is 0 Å². The van der Waals surface area contributed by atoms with Crippen LogP contribution in [-0.2, 0) is 6.54 Å². The molecule has 2 heterocycles. The van der Waals surface area contributed by atoms with Gasteiger partial charge in [0.1, 0.15) is 0 Å². The maximum absolute atomic E-state index is 10.6. The van der Waals surface area contributed by atoms with Crippen LogP contribution < -0.4 is 0 Å². The van der Waals surface area contributed by atoms with E-state index in [1.54, 1.807) is 0 Å². The van der Waals surface area contributed by atoms with E-state index in [2.05, 4.69) is 46.1 Å². The Balaban J connectivity index is 1.77. The van der Waals surface area contributed by atoms with E-state index in [-0.39, 0.29) is 0 Å². The van der Waals surface area contributed by atoms with Crippen molar-refractivity contribution in [2.24, 2.45) is 0 Å². The molecule has 5 heteroatoms. The van der Waals surface area contributed by atoms with Crippen LogP contribution in [0, 0.1) is 20.8 Å². The Morgan fingerprint density at radius 2 is 1.88 bits per heavy atom. The number of rotatable bonds is 6. The molecule has 0 aliphatic heterocycles. The zero-order valence-electron chi connectivity index (χ0n) is 15.4. The number of likely N-dealkylation sites (N-methyl/N-ethyl adjacent to an activating group) is 1. The Hall–Kier alpha value is -2.24. The summed E-state index contributed by atoms with van der Waals surface area (Å²) >= 11 is 0. The number of aliphatic hydroxyl groups is 1. The summed E-state index contributed by atoms with van der Waals surface area (Å²) in [6.07, 6.45) is 1.39. The van der Waals surface area contributed by atoms with Crippen LogP contribution >= 0.6 is 0 Å². The molecule has 0 aliphatic carbocycles. The minimum Gasteiger partial charge on any atom is -0.387 e. The van der Waals surface area contributed by atoms with Crippen LogP contribution in [0.25, 0.3) is 5.78 Å². The first-order valence-electron chi connectivity index (χ1n) is 8.75. The summed E-state index contributed by atoms with van der Waals surface area (Å²) < 4.78 is 2.09. The van der Waals surface area contributed by atoms with Crippen molar-refractivity contribution in [3.8, 4) is 0 Å². The second kappa shape index (κ2) is 7.33. The largest absolute Gasteiger partial charge is 0.387 e. The first-order valence-corrected chi connectivity index (χ1v) is 8.75. The van der Waals surface area contributed by atoms with Gasteiger partial charge in [-0.15, -0.1) is 0 Å². The van der Waals surface area contributed by atoms with Gasteiger partial charge in [0.25, 0.3) is 0 Å². The fourth-order valence-electron chi connectivity index (χ4n) is 3.18. The molecule has 1 aromatic carbocycles. The molecule has 3 aromatic rings. The van der Waals surface area contributed by atoms with Gasteiger partial charge in [0, 0.05) is 24.5 Å². The fourth-order valence-corrected chi connectivity index (χ4v) is 3.18. The minimum absolute atomic E-state index is 0.499. The lowest BCUT2D eigenvalue weighted by molar-refractivity contribution is 0.111. The van der Waals surface area contributed by atoms with Crippen molar-refractivity contribution in [2.45, 2.75) is 40.3 Å². The topological polar surface area (TPSA) is 53.7 Å². The third kappa shape index (κ3) is 3.89. The molecule has 0 saturated heterocycles. The normalized spacial score (nSPS) is 12.9. The molecular weight excluding hydrogens is 312 g/mol. The van der Waals surface area contributed by atoms with Crippen molar-refractivity contribution in [2.75, 3.05) is 13.1 Å². The van der Waals surface area contributed by atoms with Crippen molar-refractivity contribution in [3.05, 3.63) is 64.7 Å². The molecule has 1 atom stereocenters. The quantitative estimate of drug-likeness (QED) is 0.750. The van der Waals surface area contributed by atoms with Crippen LogP contribution in [0.15, 0.2) is 36.5 Å². The standard InChI is InChI=1S/C20H26N4O/c1-5-23(13-19(25)17-8-6-14(2)7-9-17)12-18-11-21-20-22-15(3)10-16(4)24(18)20/h6-11,19,25H,5,12-13H2,1-4H3. The Bertz CT molecular complexity index is 854. The number of aryl methyl sites for hydroxylation is 3. The predicted octanol–water partition coefficient (Wildman–Crippen LogP) is 3.21. The second-order valence-corrected chi connectivity index (χ2v) is 6.68. The summed E-state index contributed by atoms with van der Waals surface area (Å²) in [6, 6.07) is 10.1. The van der Waals surface area contributed by atoms with Gasteiger partial charge in [-0.1, -0.05) is 36.8 Å². The highest BCUT2D eigenvalue weighted by atomic mass is 16.3. The number of fused-ring (bicyclic) bond motifs is 1. The highest BCUT2D eigenvalue weighted by Crippen LogP contribution is 2.17. The molecule has 0 spiro atoms. The molecule has 0 bridgehead atoms. The van der Waals surface area contributed by atoms with Gasteiger partial charge in [-0.3, -0.25) is 9.30 Å². The van der Waals surface area contributed by atoms with Crippen molar-refractivity contribution in [3.63, 3.8) is 0 Å². The predicted molar refractivity (Wildman–Crippen MR) is 99.6 cm³/mol. The number of aliphatic hydroxyl groups excluding tert-OH is 1. The SMILES string of the molecule is CCN(Cc1cnc2nc(C)cc(C)n12)CC(O)c1ccc(C)cc1. The molecule has 1 N–H and O–H groups in total. The van der Waals surface area contributed by atoms with Gasteiger partial charge in [0.2, 0.25) is 5.78 Å². The van der Waals surface area contributed by atoms with Crippen LogP contribution in [0.4, 0.5) is 0 Å². The lowest BCUT2D eigenvalue weighted by Crippen LogP contribution is -2.28. The van der Waals surface area contributed by atoms with E-state index in [0.29, 0.717) is 6.54 Å². The maximum Gasteiger partial charge on any atom is 0.234 e. The summed E-state index contributed by atoms with van der Waals surface area (Å²) in [7, 11) is 0. The van der Waals surface area contributed by atoms with Crippen LogP contribution in [0.3, 0.4) is 0 Å². The molecule has 2 aromatic heterocycles. The number of benzene rings is 1. The summed E-state index contributed by atoms with van der Waals surface area (Å²) in [5.74, 6) is 0.739. The average molecular weight is 338 g/mol. The van der Waals surface area contributed by atoms with Crippen LogP contribution in [0.1, 0.15) is 41.2 Å². The summed E-state index contributed by atoms with van der Waals surface area (Å²) in [6.45, 7) is 10.4. The first-order chi connectivity index (χ1) is 12.0. The highest BCUT2D eigenvalue weighted by molar-refractivity contribution is 5.35. The summed E-state index contributed by atoms with van der Waals surface area (Å²) in [5.41, 5.74) is 5.36. The van der Waals surface area contributed by atoms with Gasteiger partial charge >= 0.3 is 0 Å². The van der Waals surface area contributed by atoms with E-state index < -0.39 is 6.10 Å². The third-order valence-corrected chi connectivity index (χ3v) is 4.59. The Kier molecular flexibility index (Phi) is 5.16. The van der Waals surface area contributed by atoms with E-state index in [1.165, 1.54) is 5.56 Å². The second-order valence-electron chi connectivity index (χ2n) is 6.68. The molecule has 0 fully saturated rings. The van der Waals surface area contributed by atoms with E-state index in [4.69, 9.17) is 0 Å². The number of hydrogen-bond donors (Lipinski definition) is 1. The van der Waals surface area contributed by atoms with Crippen molar-refractivity contribution < 1.29 is 5.11 Å². The third-order valence-electron chi connectivity index (χ3n) is 4.59. The first kappa shape index (κ1) is 17.6. The average Bonchev–Trinajstić information content (AvgIpc) is 2.97. The van der Waals surface area contributed by atoms with Gasteiger partial charge in [-0.2, -0.15) is 0 Å². The van der Waals surface area contributed by atoms with Crippen LogP contribution in [0.2, 0.25) is 0 Å². The van der Waals surface area contributed by atoms with Crippen molar-refractivity contribution >= 4 is 5.78 Å². The van der Waals surface area contributed by atoms with Gasteiger partial charge < -0.3 is 5.11 Å². The molecule has 0 radical (unpaired) electrons. The van der Waals surface area contributed by atoms with E-state index in [0.717, 1.165) is 41.5 Å². The number of nitrogens with zero attached hydrogens (tertiary/aromatic N) is 4. The molecule has 0 saturated carbocycles. The Morgan fingerprint density at radius 3 is 2.56 bits per heavy atom. The zero-order valence-corrected chi connectivity index (χ0v) is 15.4. The molecular formula is C20H26N4O. The maximum atomic E-state index is 10.6. The van der Waals surface area contributed by atoms with Crippen LogP contribution in [-0.4, -0.2) is 37.5 Å². The monoisotopic (exact) mass is 338 g/mol. The van der Waals surface area contributed by atoms with Gasteiger partial charge in [-0.05, 0) is 38.9 Å². The molecule has 1 unspecified atom stereocenters. The van der Waals surface area contributed by atoms with Gasteiger partial charge in [0.05, 0.1) is 18.0 Å². The van der Waals surface area contributed by atoms with E-state index in [9.17, 15) is 5.11 Å². The Labute approximate surface area is 149 Å². The highest BCUT2D eigenvalue weighted by Gasteiger charge is 2.15. The smallest absolute Gasteiger partial charge is 0.234 e. The summed E-state index contributed by atoms with van der Waals surface area (Å²) in [4.78, 5) is 11.2. The van der Waals surface area contributed by atoms with Gasteiger partial charge in [0.15, 0.2) is 0 Å². The number of aromatic nitrogens is 3.